The summed E-state index contributed by atoms with van der Waals surface area (Å²) in [6.07, 6.45) is 1.21. The van der Waals surface area contributed by atoms with Crippen molar-refractivity contribution in [2.45, 2.75) is 31.3 Å². The van der Waals surface area contributed by atoms with Crippen LogP contribution in [0.25, 0.3) is 0 Å². The van der Waals surface area contributed by atoms with E-state index in [1.165, 1.54) is 11.8 Å². The van der Waals surface area contributed by atoms with Gasteiger partial charge in [-0.05, 0) is 29.2 Å². The third kappa shape index (κ3) is 4.58. The number of benzene rings is 2. The molecule has 0 aliphatic heterocycles. The molecule has 1 amide bonds. The molecular formula is C20H22N4O3S. The average Bonchev–Trinajstić information content (AvgIpc) is 3.18. The number of anilines is 1. The number of carbonyl (C=O) groups is 1. The first-order valence-electron chi connectivity index (χ1n) is 8.85. The lowest BCUT2D eigenvalue weighted by molar-refractivity contribution is 0.0947. The van der Waals surface area contributed by atoms with Crippen LogP contribution < -0.4 is 10.0 Å². The standard InChI is InChI=1S/C20H22N4O3S/c1-14(2)16-10-8-15(9-11-16)12-21-19(25)18-13-22-23-20(18)28(26,27)24-17-6-4-3-5-7-17/h3-11,13-14,24H,12H2,1-2H3,(H,21,25)(H,22,23). The second-order valence-electron chi connectivity index (χ2n) is 6.66. The van der Waals surface area contributed by atoms with Crippen LogP contribution >= 0.6 is 0 Å². The van der Waals surface area contributed by atoms with E-state index in [0.717, 1.165) is 5.56 Å². The van der Waals surface area contributed by atoms with Crippen LogP contribution in [0, 0.1) is 0 Å². The summed E-state index contributed by atoms with van der Waals surface area (Å²) in [7, 11) is -3.97. The molecule has 1 aromatic heterocycles. The summed E-state index contributed by atoms with van der Waals surface area (Å²) < 4.78 is 27.6. The van der Waals surface area contributed by atoms with Crippen LogP contribution in [0.15, 0.2) is 65.8 Å². The molecule has 8 heteroatoms. The van der Waals surface area contributed by atoms with E-state index in [9.17, 15) is 13.2 Å². The van der Waals surface area contributed by atoms with E-state index < -0.39 is 15.9 Å². The molecule has 3 aromatic rings. The first-order chi connectivity index (χ1) is 13.4. The number of aromatic nitrogens is 2. The van der Waals surface area contributed by atoms with Crippen LogP contribution in [-0.4, -0.2) is 24.5 Å². The number of nitrogens with one attached hydrogen (secondary N) is 3. The molecule has 7 nitrogen and oxygen atoms in total. The maximum Gasteiger partial charge on any atom is 0.279 e. The lowest BCUT2D eigenvalue weighted by Gasteiger charge is -2.10. The van der Waals surface area contributed by atoms with Crippen LogP contribution in [0.5, 0.6) is 0 Å². The van der Waals surface area contributed by atoms with Crippen molar-refractivity contribution in [3.05, 3.63) is 77.5 Å². The van der Waals surface area contributed by atoms with Gasteiger partial charge in [0.1, 0.15) is 0 Å². The zero-order valence-electron chi connectivity index (χ0n) is 15.6. The molecule has 3 rings (SSSR count). The van der Waals surface area contributed by atoms with Crippen molar-refractivity contribution in [2.24, 2.45) is 0 Å². The topological polar surface area (TPSA) is 104 Å². The predicted molar refractivity (Wildman–Crippen MR) is 108 cm³/mol. The number of aromatic amines is 1. The van der Waals surface area contributed by atoms with Gasteiger partial charge < -0.3 is 5.32 Å². The largest absolute Gasteiger partial charge is 0.348 e. The Hall–Kier alpha value is -3.13. The Bertz CT molecular complexity index is 1040. The van der Waals surface area contributed by atoms with Gasteiger partial charge in [-0.25, -0.2) is 0 Å². The summed E-state index contributed by atoms with van der Waals surface area (Å²) >= 11 is 0. The maximum atomic E-state index is 12.6. The molecule has 0 atom stereocenters. The van der Waals surface area contributed by atoms with E-state index in [1.807, 2.05) is 24.3 Å². The SMILES string of the molecule is CC(C)c1ccc(CNC(=O)c2cn[nH]c2S(=O)(=O)Nc2ccccc2)cc1. The highest BCUT2D eigenvalue weighted by Crippen LogP contribution is 2.18. The minimum absolute atomic E-state index is 0.0396. The Morgan fingerprint density at radius 3 is 2.39 bits per heavy atom. The van der Waals surface area contributed by atoms with Gasteiger partial charge in [0.25, 0.3) is 15.9 Å². The smallest absolute Gasteiger partial charge is 0.279 e. The van der Waals surface area contributed by atoms with E-state index in [4.69, 9.17) is 0 Å². The Morgan fingerprint density at radius 1 is 1.07 bits per heavy atom. The highest BCUT2D eigenvalue weighted by Gasteiger charge is 2.25. The van der Waals surface area contributed by atoms with Crippen molar-refractivity contribution < 1.29 is 13.2 Å². The summed E-state index contributed by atoms with van der Waals surface area (Å²) in [5.41, 5.74) is 2.49. The van der Waals surface area contributed by atoms with Crippen LogP contribution in [0.4, 0.5) is 5.69 Å². The molecule has 0 saturated carbocycles. The van der Waals surface area contributed by atoms with E-state index in [0.29, 0.717) is 11.6 Å². The Balaban J connectivity index is 1.71. The van der Waals surface area contributed by atoms with Gasteiger partial charge in [0.2, 0.25) is 0 Å². The minimum atomic E-state index is -3.97. The molecule has 3 N–H and O–H groups in total. The first-order valence-corrected chi connectivity index (χ1v) is 10.3. The highest BCUT2D eigenvalue weighted by atomic mass is 32.2. The Kier molecular flexibility index (Phi) is 5.79. The number of rotatable bonds is 7. The minimum Gasteiger partial charge on any atom is -0.348 e. The number of H-pyrrole nitrogens is 1. The van der Waals surface area contributed by atoms with Gasteiger partial charge in [0.05, 0.1) is 11.8 Å². The van der Waals surface area contributed by atoms with Gasteiger partial charge in [0, 0.05) is 12.2 Å². The molecule has 0 bridgehead atoms. The quantitative estimate of drug-likeness (QED) is 0.568. The number of nitrogens with zero attached hydrogens (tertiary/aromatic N) is 1. The maximum absolute atomic E-state index is 12.6. The molecule has 28 heavy (non-hydrogen) atoms. The summed E-state index contributed by atoms with van der Waals surface area (Å²) in [6, 6.07) is 16.4. The summed E-state index contributed by atoms with van der Waals surface area (Å²) in [5, 5.41) is 8.60. The molecule has 2 aromatic carbocycles. The first kappa shape index (κ1) is 19.6. The van der Waals surface area contributed by atoms with Crippen molar-refractivity contribution >= 4 is 21.6 Å². The number of carbonyl (C=O) groups excluding carboxylic acids is 1. The molecule has 0 spiro atoms. The predicted octanol–water partition coefficient (Wildman–Crippen LogP) is 3.26. The molecule has 0 aliphatic rings. The van der Waals surface area contributed by atoms with Gasteiger partial charge in [-0.2, -0.15) is 13.5 Å². The van der Waals surface area contributed by atoms with Crippen LogP contribution in [0.2, 0.25) is 0 Å². The van der Waals surface area contributed by atoms with Gasteiger partial charge in [0.15, 0.2) is 5.03 Å². The van der Waals surface area contributed by atoms with E-state index in [1.54, 1.807) is 30.3 Å². The van der Waals surface area contributed by atoms with E-state index in [2.05, 4.69) is 34.1 Å². The number of para-hydroxylation sites is 1. The second kappa shape index (κ2) is 8.26. The van der Waals surface area contributed by atoms with Crippen molar-refractivity contribution in [1.29, 1.82) is 0 Å². The monoisotopic (exact) mass is 398 g/mol. The number of hydrogen-bond acceptors (Lipinski definition) is 4. The molecular weight excluding hydrogens is 376 g/mol. The van der Waals surface area contributed by atoms with E-state index >= 15 is 0 Å². The lowest BCUT2D eigenvalue weighted by Crippen LogP contribution is -2.25. The number of sulfonamides is 1. The molecule has 146 valence electrons. The van der Waals surface area contributed by atoms with Crippen LogP contribution in [0.3, 0.4) is 0 Å². The average molecular weight is 398 g/mol. The third-order valence-corrected chi connectivity index (χ3v) is 5.60. The molecule has 1 heterocycles. The fourth-order valence-electron chi connectivity index (χ4n) is 2.65. The molecule has 0 saturated heterocycles. The van der Waals surface area contributed by atoms with Gasteiger partial charge in [-0.15, -0.1) is 0 Å². The fourth-order valence-corrected chi connectivity index (χ4v) is 3.81. The van der Waals surface area contributed by atoms with Crippen LogP contribution in [-0.2, 0) is 16.6 Å². The molecule has 0 radical (unpaired) electrons. The van der Waals surface area contributed by atoms with Crippen molar-refractivity contribution in [2.75, 3.05) is 4.72 Å². The lowest BCUT2D eigenvalue weighted by atomic mass is 10.0. The second-order valence-corrected chi connectivity index (χ2v) is 8.28. The number of amides is 1. The summed E-state index contributed by atoms with van der Waals surface area (Å²) in [5.74, 6) is -0.0884. The number of hydrogen-bond donors (Lipinski definition) is 3. The third-order valence-electron chi connectivity index (χ3n) is 4.24. The fraction of sp³-hybridized carbons (Fsp3) is 0.200. The molecule has 0 fully saturated rings. The highest BCUT2D eigenvalue weighted by molar-refractivity contribution is 7.92. The molecule has 0 unspecified atom stereocenters. The van der Waals surface area contributed by atoms with Gasteiger partial charge >= 0.3 is 0 Å². The summed E-state index contributed by atoms with van der Waals surface area (Å²) in [6.45, 7) is 4.51. The zero-order chi connectivity index (χ0) is 20.1. The van der Waals surface area contributed by atoms with Crippen molar-refractivity contribution in [1.82, 2.24) is 15.5 Å². The Morgan fingerprint density at radius 2 is 1.75 bits per heavy atom. The normalized spacial score (nSPS) is 11.4. The summed E-state index contributed by atoms with van der Waals surface area (Å²) in [4.78, 5) is 12.5. The van der Waals surface area contributed by atoms with Crippen molar-refractivity contribution in [3.8, 4) is 0 Å². The molecule has 0 aliphatic carbocycles. The van der Waals surface area contributed by atoms with E-state index in [-0.39, 0.29) is 17.1 Å². The van der Waals surface area contributed by atoms with Gasteiger partial charge in [-0.3, -0.25) is 14.6 Å². The zero-order valence-corrected chi connectivity index (χ0v) is 16.5. The van der Waals surface area contributed by atoms with Crippen molar-refractivity contribution in [3.63, 3.8) is 0 Å². The Labute approximate surface area is 164 Å². The van der Waals surface area contributed by atoms with Gasteiger partial charge in [-0.1, -0.05) is 56.3 Å². The van der Waals surface area contributed by atoms with Crippen LogP contribution in [0.1, 0.15) is 41.3 Å².